The summed E-state index contributed by atoms with van der Waals surface area (Å²) in [7, 11) is 0. The van der Waals surface area contributed by atoms with Crippen molar-refractivity contribution in [2.24, 2.45) is 10.2 Å². The highest BCUT2D eigenvalue weighted by Crippen LogP contribution is 2.16. The molecule has 0 saturated heterocycles. The number of rotatable bonds is 4. The molecule has 2 unspecified atom stereocenters. The molecule has 0 spiro atoms. The van der Waals surface area contributed by atoms with Crippen molar-refractivity contribution in [2.75, 3.05) is 0 Å². The van der Waals surface area contributed by atoms with E-state index in [9.17, 15) is 10.2 Å². The van der Waals surface area contributed by atoms with Crippen molar-refractivity contribution in [2.45, 2.75) is 38.1 Å². The Morgan fingerprint density at radius 2 is 1.29 bits per heavy atom. The fourth-order valence-electron chi connectivity index (χ4n) is 0.510. The Morgan fingerprint density at radius 3 is 1.43 bits per heavy atom. The van der Waals surface area contributed by atoms with Gasteiger partial charge in [-0.15, -0.1) is 10.2 Å². The van der Waals surface area contributed by atoms with Gasteiger partial charge >= 0.3 is 0 Å². The van der Waals surface area contributed by atoms with Crippen LogP contribution in [0.5, 0.6) is 0 Å². The number of hydrogen-bond acceptors (Lipinski definition) is 6. The zero-order valence-electron chi connectivity index (χ0n) is 8.10. The summed E-state index contributed by atoms with van der Waals surface area (Å²) in [6.45, 7) is 3.08. The van der Waals surface area contributed by atoms with Crippen molar-refractivity contribution in [3.05, 3.63) is 0 Å². The van der Waals surface area contributed by atoms with E-state index < -0.39 is 11.4 Å². The first kappa shape index (κ1) is 12.5. The highest BCUT2D eigenvalue weighted by molar-refractivity contribution is 5.00. The molecular weight excluding hydrogens is 184 g/mol. The van der Waals surface area contributed by atoms with Gasteiger partial charge in [-0.3, -0.25) is 0 Å². The van der Waals surface area contributed by atoms with Crippen LogP contribution in [0.15, 0.2) is 10.2 Å². The molecule has 14 heavy (non-hydrogen) atoms. The molecule has 0 aliphatic heterocycles. The fourth-order valence-corrected chi connectivity index (χ4v) is 0.510. The van der Waals surface area contributed by atoms with E-state index in [4.69, 9.17) is 10.5 Å². The van der Waals surface area contributed by atoms with Crippen molar-refractivity contribution in [3.63, 3.8) is 0 Å². The van der Waals surface area contributed by atoms with Crippen LogP contribution in [0.4, 0.5) is 0 Å². The molecular formula is C8H12N4O2. The second-order valence-corrected chi connectivity index (χ2v) is 2.76. The normalized spacial score (nSPS) is 19.3. The Bertz CT molecular complexity index is 273. The maximum absolute atomic E-state index is 9.34. The van der Waals surface area contributed by atoms with Gasteiger partial charge in [-0.05, 0) is 0 Å². The summed E-state index contributed by atoms with van der Waals surface area (Å²) in [6, 6.07) is 3.05. The van der Waals surface area contributed by atoms with E-state index in [2.05, 4.69) is 10.2 Å². The first-order chi connectivity index (χ1) is 6.45. The number of aliphatic hydroxyl groups is 2. The Hall–Kier alpha value is -1.50. The van der Waals surface area contributed by atoms with Crippen LogP contribution in [-0.4, -0.2) is 21.7 Å². The maximum Gasteiger partial charge on any atom is 0.263 e. The van der Waals surface area contributed by atoms with Gasteiger partial charge in [-0.25, -0.2) is 0 Å². The molecule has 6 heteroatoms. The maximum atomic E-state index is 9.34. The molecule has 0 aliphatic carbocycles. The predicted molar refractivity (Wildman–Crippen MR) is 46.6 cm³/mol. The third kappa shape index (κ3) is 3.09. The van der Waals surface area contributed by atoms with Gasteiger partial charge in [0.2, 0.25) is 0 Å². The molecule has 0 aromatic rings. The van der Waals surface area contributed by atoms with E-state index >= 15 is 0 Å². The van der Waals surface area contributed by atoms with Crippen molar-refractivity contribution in [1.82, 2.24) is 0 Å². The number of hydrogen-bond donors (Lipinski definition) is 2. The summed E-state index contributed by atoms with van der Waals surface area (Å²) in [5.41, 5.74) is -3.92. The van der Waals surface area contributed by atoms with Crippen LogP contribution in [0.3, 0.4) is 0 Å². The second kappa shape index (κ2) is 4.66. The highest BCUT2D eigenvalue weighted by Gasteiger charge is 2.28. The topological polar surface area (TPSA) is 113 Å². The van der Waals surface area contributed by atoms with Crippen LogP contribution in [0.25, 0.3) is 0 Å². The number of azo groups is 1. The first-order valence-corrected chi connectivity index (χ1v) is 4.16. The van der Waals surface area contributed by atoms with Gasteiger partial charge < -0.3 is 10.2 Å². The molecule has 0 fully saturated rings. The van der Waals surface area contributed by atoms with E-state index in [1.807, 2.05) is 0 Å². The molecule has 0 aromatic heterocycles. The first-order valence-electron chi connectivity index (χ1n) is 4.16. The number of nitriles is 2. The van der Waals surface area contributed by atoms with Gasteiger partial charge in [0.1, 0.15) is 12.1 Å². The molecule has 0 aliphatic rings. The molecule has 0 rings (SSSR count). The molecule has 0 bridgehead atoms. The Balaban J connectivity index is 4.76. The van der Waals surface area contributed by atoms with E-state index in [0.717, 1.165) is 0 Å². The lowest BCUT2D eigenvalue weighted by molar-refractivity contribution is 0.0585. The van der Waals surface area contributed by atoms with Crippen LogP contribution >= 0.6 is 0 Å². The molecule has 2 N–H and O–H groups in total. The average molecular weight is 196 g/mol. The lowest BCUT2D eigenvalue weighted by atomic mass is 10.2. The minimum absolute atomic E-state index is 0.0399. The molecule has 6 nitrogen and oxygen atoms in total. The van der Waals surface area contributed by atoms with Crippen LogP contribution in [0, 0.1) is 22.7 Å². The van der Waals surface area contributed by atoms with Crippen molar-refractivity contribution >= 4 is 0 Å². The monoisotopic (exact) mass is 196 g/mol. The van der Waals surface area contributed by atoms with Crippen molar-refractivity contribution < 1.29 is 10.2 Å². The summed E-state index contributed by atoms with van der Waals surface area (Å²) >= 11 is 0. The van der Waals surface area contributed by atoms with Gasteiger partial charge in [0.25, 0.3) is 11.4 Å². The third-order valence-electron chi connectivity index (χ3n) is 1.72. The second-order valence-electron chi connectivity index (χ2n) is 2.76. The zero-order valence-corrected chi connectivity index (χ0v) is 8.10. The molecule has 2 atom stereocenters. The summed E-state index contributed by atoms with van der Waals surface area (Å²) in [5.74, 6) is 0. The van der Waals surface area contributed by atoms with Crippen LogP contribution in [0.1, 0.15) is 26.7 Å². The summed E-state index contributed by atoms with van der Waals surface area (Å²) in [6.07, 6.45) is 0.0798. The molecule has 0 radical (unpaired) electrons. The van der Waals surface area contributed by atoms with Crippen LogP contribution in [-0.2, 0) is 0 Å². The van der Waals surface area contributed by atoms with E-state index in [1.54, 1.807) is 13.8 Å². The van der Waals surface area contributed by atoms with E-state index in [0.29, 0.717) is 0 Å². The Morgan fingerprint density at radius 1 is 1.00 bits per heavy atom. The molecule has 76 valence electrons. The molecule has 0 aromatic carbocycles. The summed E-state index contributed by atoms with van der Waals surface area (Å²) < 4.78 is 0. The minimum Gasteiger partial charge on any atom is -0.357 e. The van der Waals surface area contributed by atoms with Gasteiger partial charge in [0.05, 0.1) is 0 Å². The Labute approximate surface area is 82.1 Å². The van der Waals surface area contributed by atoms with Gasteiger partial charge in [-0.2, -0.15) is 10.5 Å². The van der Waals surface area contributed by atoms with E-state index in [-0.39, 0.29) is 12.8 Å². The molecule has 0 amide bonds. The SMILES string of the molecule is CCC(O)(C#N)N=NC(O)(C#N)CC. The van der Waals surface area contributed by atoms with Crippen LogP contribution in [0.2, 0.25) is 0 Å². The molecule has 0 saturated carbocycles. The van der Waals surface area contributed by atoms with Gasteiger partial charge in [0.15, 0.2) is 0 Å². The summed E-state index contributed by atoms with van der Waals surface area (Å²) in [5, 5.41) is 42.2. The van der Waals surface area contributed by atoms with Gasteiger partial charge in [0, 0.05) is 12.8 Å². The lowest BCUT2D eigenvalue weighted by Gasteiger charge is -2.14. The lowest BCUT2D eigenvalue weighted by Crippen LogP contribution is -2.26. The quantitative estimate of drug-likeness (QED) is 0.508. The van der Waals surface area contributed by atoms with E-state index in [1.165, 1.54) is 12.1 Å². The fraction of sp³-hybridized carbons (Fsp3) is 0.750. The smallest absolute Gasteiger partial charge is 0.263 e. The summed E-state index contributed by atoms with van der Waals surface area (Å²) in [4.78, 5) is 0. The largest absolute Gasteiger partial charge is 0.357 e. The minimum atomic E-state index is -1.96. The highest BCUT2D eigenvalue weighted by atomic mass is 16.3. The Kier molecular flexibility index (Phi) is 4.16. The van der Waals surface area contributed by atoms with Crippen molar-refractivity contribution in [1.29, 1.82) is 10.5 Å². The zero-order chi connectivity index (χ0) is 11.2. The third-order valence-corrected chi connectivity index (χ3v) is 1.72. The molecule has 0 heterocycles. The van der Waals surface area contributed by atoms with Gasteiger partial charge in [-0.1, -0.05) is 13.8 Å². The average Bonchev–Trinajstić information content (AvgIpc) is 2.25. The standard InChI is InChI=1S/C8H12N4O2/c1-3-7(13,5-9)11-12-8(14,4-2)6-10/h13-14H,3-4H2,1-2H3. The van der Waals surface area contributed by atoms with Crippen LogP contribution < -0.4 is 0 Å². The predicted octanol–water partition coefficient (Wildman–Crippen LogP) is 0.683. The number of nitrogens with zero attached hydrogens (tertiary/aromatic N) is 4. The van der Waals surface area contributed by atoms with Crippen molar-refractivity contribution in [3.8, 4) is 12.1 Å².